The first kappa shape index (κ1) is 14.2. The molecule has 100 valence electrons. The Bertz CT molecular complexity index is 267. The number of hydrogen-bond donors (Lipinski definition) is 1. The maximum absolute atomic E-state index is 13.3. The molecule has 6 heteroatoms. The third kappa shape index (κ3) is 4.87. The zero-order chi connectivity index (χ0) is 13.1. The van der Waals surface area contributed by atoms with Crippen LogP contribution in [-0.2, 0) is 9.47 Å². The second-order valence-electron chi connectivity index (χ2n) is 5.12. The molecule has 0 radical (unpaired) electrons. The van der Waals surface area contributed by atoms with Gasteiger partial charge in [0.2, 0.25) is 0 Å². The molecule has 1 fully saturated rings. The van der Waals surface area contributed by atoms with Crippen molar-refractivity contribution in [2.45, 2.75) is 38.6 Å². The van der Waals surface area contributed by atoms with Gasteiger partial charge >= 0.3 is 6.09 Å². The van der Waals surface area contributed by atoms with Gasteiger partial charge in [-0.2, -0.15) is 0 Å². The highest BCUT2D eigenvalue weighted by Crippen LogP contribution is 2.14. The third-order valence-electron chi connectivity index (χ3n) is 2.21. The lowest BCUT2D eigenvalue weighted by atomic mass is 10.2. The van der Waals surface area contributed by atoms with Crippen molar-refractivity contribution in [3.8, 4) is 0 Å². The van der Waals surface area contributed by atoms with Crippen molar-refractivity contribution >= 4 is 6.09 Å². The first-order valence-electron chi connectivity index (χ1n) is 5.66. The van der Waals surface area contributed by atoms with E-state index in [2.05, 4.69) is 0 Å². The summed E-state index contributed by atoms with van der Waals surface area (Å²) >= 11 is 0. The van der Waals surface area contributed by atoms with Crippen molar-refractivity contribution in [2.24, 2.45) is 0 Å². The SMILES string of the molecule is CC(C)(C)OC(=O)N1C[C@H](F)CO[C@H](CO)C1. The maximum atomic E-state index is 13.3. The molecule has 1 amide bonds. The molecule has 17 heavy (non-hydrogen) atoms. The van der Waals surface area contributed by atoms with E-state index in [-0.39, 0.29) is 26.3 Å². The second-order valence-corrected chi connectivity index (χ2v) is 5.12. The van der Waals surface area contributed by atoms with Crippen LogP contribution in [0.4, 0.5) is 9.18 Å². The van der Waals surface area contributed by atoms with Crippen LogP contribution in [0.1, 0.15) is 20.8 Å². The molecule has 0 aromatic carbocycles. The first-order valence-corrected chi connectivity index (χ1v) is 5.66. The number of amides is 1. The van der Waals surface area contributed by atoms with Gasteiger partial charge in [0, 0.05) is 0 Å². The van der Waals surface area contributed by atoms with Crippen molar-refractivity contribution in [1.82, 2.24) is 4.90 Å². The molecule has 0 unspecified atom stereocenters. The Morgan fingerprint density at radius 3 is 2.71 bits per heavy atom. The molecule has 1 rings (SSSR count). The van der Waals surface area contributed by atoms with Gasteiger partial charge in [-0.05, 0) is 20.8 Å². The molecule has 0 aliphatic carbocycles. The lowest BCUT2D eigenvalue weighted by molar-refractivity contribution is -0.00501. The standard InChI is InChI=1S/C11H20FNO4/c1-11(2,3)17-10(15)13-4-8(12)7-16-9(5-13)6-14/h8-9,14H,4-7H2,1-3H3/t8-,9-/m0/s1. The van der Waals surface area contributed by atoms with E-state index in [9.17, 15) is 9.18 Å². The number of carbonyl (C=O) groups is 1. The zero-order valence-electron chi connectivity index (χ0n) is 10.5. The summed E-state index contributed by atoms with van der Waals surface area (Å²) in [5.41, 5.74) is -0.620. The highest BCUT2D eigenvalue weighted by atomic mass is 19.1. The van der Waals surface area contributed by atoms with Crippen LogP contribution < -0.4 is 0 Å². The smallest absolute Gasteiger partial charge is 0.410 e. The zero-order valence-corrected chi connectivity index (χ0v) is 10.5. The summed E-state index contributed by atoms with van der Waals surface area (Å²) in [5, 5.41) is 9.01. The van der Waals surface area contributed by atoms with Crippen LogP contribution in [0.15, 0.2) is 0 Å². The Hall–Kier alpha value is -0.880. The molecule has 0 aromatic rings. The fraction of sp³-hybridized carbons (Fsp3) is 0.909. The van der Waals surface area contributed by atoms with Gasteiger partial charge in [0.1, 0.15) is 11.8 Å². The Morgan fingerprint density at radius 2 is 2.18 bits per heavy atom. The number of aliphatic hydroxyl groups excluding tert-OH is 1. The maximum Gasteiger partial charge on any atom is 0.410 e. The van der Waals surface area contributed by atoms with E-state index >= 15 is 0 Å². The summed E-state index contributed by atoms with van der Waals surface area (Å²) < 4.78 is 23.6. The summed E-state index contributed by atoms with van der Waals surface area (Å²) in [7, 11) is 0. The predicted molar refractivity (Wildman–Crippen MR) is 59.5 cm³/mol. The number of rotatable bonds is 1. The van der Waals surface area contributed by atoms with E-state index in [1.165, 1.54) is 4.90 Å². The Morgan fingerprint density at radius 1 is 1.53 bits per heavy atom. The first-order chi connectivity index (χ1) is 7.81. The van der Waals surface area contributed by atoms with Crippen LogP contribution in [0.2, 0.25) is 0 Å². The van der Waals surface area contributed by atoms with Gasteiger partial charge in [-0.3, -0.25) is 0 Å². The monoisotopic (exact) mass is 249 g/mol. The molecule has 5 nitrogen and oxygen atoms in total. The minimum absolute atomic E-state index is 0.0641. The molecule has 0 bridgehead atoms. The predicted octanol–water partition coefficient (Wildman–Crippen LogP) is 0.953. The summed E-state index contributed by atoms with van der Waals surface area (Å²) in [6.07, 6.45) is -2.38. The summed E-state index contributed by atoms with van der Waals surface area (Å²) in [6.45, 7) is 4.97. The van der Waals surface area contributed by atoms with Gasteiger partial charge in [-0.15, -0.1) is 0 Å². The molecular formula is C11H20FNO4. The quantitative estimate of drug-likeness (QED) is 0.751. The lowest BCUT2D eigenvalue weighted by Gasteiger charge is -2.27. The number of alkyl halides is 1. The van der Waals surface area contributed by atoms with E-state index in [0.29, 0.717) is 0 Å². The molecule has 1 heterocycles. The minimum Gasteiger partial charge on any atom is -0.444 e. The van der Waals surface area contributed by atoms with E-state index in [1.54, 1.807) is 20.8 Å². The molecule has 2 atom stereocenters. The van der Waals surface area contributed by atoms with Crippen molar-refractivity contribution in [2.75, 3.05) is 26.3 Å². The number of aliphatic hydroxyl groups is 1. The molecule has 0 spiro atoms. The van der Waals surface area contributed by atoms with Crippen LogP contribution in [0.5, 0.6) is 0 Å². The van der Waals surface area contributed by atoms with E-state index in [0.717, 1.165) is 0 Å². The Kier molecular flexibility index (Phi) is 4.70. The molecule has 0 saturated carbocycles. The lowest BCUT2D eigenvalue weighted by Crippen LogP contribution is -2.42. The highest BCUT2D eigenvalue weighted by molar-refractivity contribution is 5.68. The van der Waals surface area contributed by atoms with E-state index in [4.69, 9.17) is 14.6 Å². The normalized spacial score (nSPS) is 26.5. The molecule has 1 aliphatic heterocycles. The molecule has 1 saturated heterocycles. The van der Waals surface area contributed by atoms with Gasteiger partial charge in [-0.1, -0.05) is 0 Å². The molecule has 0 aromatic heterocycles. The topological polar surface area (TPSA) is 59.0 Å². The van der Waals surface area contributed by atoms with E-state index in [1.807, 2.05) is 0 Å². The second kappa shape index (κ2) is 5.64. The minimum atomic E-state index is -1.25. The number of halogens is 1. The van der Waals surface area contributed by atoms with Crippen molar-refractivity contribution in [1.29, 1.82) is 0 Å². The average molecular weight is 249 g/mol. The van der Waals surface area contributed by atoms with Crippen LogP contribution in [0.3, 0.4) is 0 Å². The van der Waals surface area contributed by atoms with Crippen LogP contribution >= 0.6 is 0 Å². The largest absolute Gasteiger partial charge is 0.444 e. The van der Waals surface area contributed by atoms with Crippen LogP contribution in [0.25, 0.3) is 0 Å². The average Bonchev–Trinajstić information content (AvgIpc) is 2.37. The summed E-state index contributed by atoms with van der Waals surface area (Å²) in [4.78, 5) is 13.0. The Balaban J connectivity index is 2.63. The van der Waals surface area contributed by atoms with Crippen LogP contribution in [0, 0.1) is 0 Å². The van der Waals surface area contributed by atoms with Gasteiger partial charge in [0.15, 0.2) is 0 Å². The number of ether oxygens (including phenoxy) is 2. The van der Waals surface area contributed by atoms with Gasteiger partial charge in [-0.25, -0.2) is 9.18 Å². The summed E-state index contributed by atoms with van der Waals surface area (Å²) in [6, 6.07) is 0. The van der Waals surface area contributed by atoms with Crippen LogP contribution in [-0.4, -0.2) is 60.3 Å². The van der Waals surface area contributed by atoms with Gasteiger partial charge in [0.05, 0.1) is 32.4 Å². The third-order valence-corrected chi connectivity index (χ3v) is 2.21. The van der Waals surface area contributed by atoms with Gasteiger partial charge < -0.3 is 19.5 Å². The van der Waals surface area contributed by atoms with Crippen molar-refractivity contribution in [3.05, 3.63) is 0 Å². The number of nitrogens with zero attached hydrogens (tertiary/aromatic N) is 1. The number of hydrogen-bond acceptors (Lipinski definition) is 4. The fourth-order valence-corrected chi connectivity index (χ4v) is 1.49. The Labute approximate surface area is 100 Å². The number of carbonyl (C=O) groups excluding carboxylic acids is 1. The molecule has 1 aliphatic rings. The van der Waals surface area contributed by atoms with Crippen molar-refractivity contribution < 1.29 is 23.8 Å². The fourth-order valence-electron chi connectivity index (χ4n) is 1.49. The molecular weight excluding hydrogens is 229 g/mol. The van der Waals surface area contributed by atoms with E-state index < -0.39 is 24.0 Å². The summed E-state index contributed by atoms with van der Waals surface area (Å²) in [5.74, 6) is 0. The highest BCUT2D eigenvalue weighted by Gasteiger charge is 2.30. The van der Waals surface area contributed by atoms with Crippen molar-refractivity contribution in [3.63, 3.8) is 0 Å². The van der Waals surface area contributed by atoms with Gasteiger partial charge in [0.25, 0.3) is 0 Å². The molecule has 1 N–H and O–H groups in total.